The second-order valence-electron chi connectivity index (χ2n) is 5.99. The molecule has 2 rings (SSSR count). The fourth-order valence-corrected chi connectivity index (χ4v) is 2.77. The quantitative estimate of drug-likeness (QED) is 0.711. The van der Waals surface area contributed by atoms with Crippen LogP contribution in [0.15, 0.2) is 36.5 Å². The van der Waals surface area contributed by atoms with Gasteiger partial charge < -0.3 is 14.7 Å². The first-order valence-electron chi connectivity index (χ1n) is 8.47. The third-order valence-corrected chi connectivity index (χ3v) is 4.05. The lowest BCUT2D eigenvalue weighted by molar-refractivity contribution is -0.274. The number of carbonyl (C=O) groups is 1. The van der Waals surface area contributed by atoms with Crippen LogP contribution in [0.1, 0.15) is 30.7 Å². The highest BCUT2D eigenvalue weighted by Crippen LogP contribution is 2.31. The van der Waals surface area contributed by atoms with Gasteiger partial charge in [0.15, 0.2) is 0 Å². The number of hydrogen-bond acceptors (Lipinski definition) is 5. The summed E-state index contributed by atoms with van der Waals surface area (Å²) in [7, 11) is 0. The second-order valence-corrected chi connectivity index (χ2v) is 6.40. The van der Waals surface area contributed by atoms with E-state index >= 15 is 0 Å². The second kappa shape index (κ2) is 9.70. The molecule has 28 heavy (non-hydrogen) atoms. The maximum atomic E-state index is 12.6. The molecule has 0 spiro atoms. The Labute approximate surface area is 164 Å². The van der Waals surface area contributed by atoms with E-state index in [1.54, 1.807) is 12.1 Å². The molecule has 1 aromatic heterocycles. The van der Waals surface area contributed by atoms with E-state index in [-0.39, 0.29) is 23.9 Å². The zero-order valence-corrected chi connectivity index (χ0v) is 15.7. The minimum absolute atomic E-state index is 0.0222. The van der Waals surface area contributed by atoms with E-state index in [4.69, 9.17) is 11.6 Å². The van der Waals surface area contributed by atoms with E-state index in [1.165, 1.54) is 23.2 Å². The van der Waals surface area contributed by atoms with Gasteiger partial charge in [0, 0.05) is 12.7 Å². The van der Waals surface area contributed by atoms with Gasteiger partial charge in [0.05, 0.1) is 23.7 Å². The Hall–Kier alpha value is -2.39. The molecule has 1 heterocycles. The van der Waals surface area contributed by atoms with Crippen LogP contribution in [-0.2, 0) is 11.2 Å². The maximum absolute atomic E-state index is 12.6. The number of nitrogens with zero attached hydrogens (tertiary/aromatic N) is 3. The summed E-state index contributed by atoms with van der Waals surface area (Å²) in [6.45, 7) is 2.31. The Morgan fingerprint density at radius 3 is 2.68 bits per heavy atom. The summed E-state index contributed by atoms with van der Waals surface area (Å²) in [5.74, 6) is -0.834. The maximum Gasteiger partial charge on any atom is 0.573 e. The molecular weight excluding hydrogens is 399 g/mol. The van der Waals surface area contributed by atoms with Gasteiger partial charge in [-0.15, -0.1) is 13.2 Å². The third-order valence-electron chi connectivity index (χ3n) is 3.75. The van der Waals surface area contributed by atoms with Crippen LogP contribution in [0.5, 0.6) is 5.75 Å². The molecule has 6 nitrogen and oxygen atoms in total. The van der Waals surface area contributed by atoms with Gasteiger partial charge in [0.1, 0.15) is 11.9 Å². The lowest BCUT2D eigenvalue weighted by atomic mass is 10.1. The van der Waals surface area contributed by atoms with Crippen LogP contribution in [0, 0.1) is 0 Å². The van der Waals surface area contributed by atoms with Gasteiger partial charge in [0.25, 0.3) is 0 Å². The van der Waals surface area contributed by atoms with Crippen molar-refractivity contribution in [3.63, 3.8) is 0 Å². The van der Waals surface area contributed by atoms with Crippen LogP contribution < -0.4 is 4.74 Å². The Morgan fingerprint density at radius 1 is 1.36 bits per heavy atom. The van der Waals surface area contributed by atoms with Crippen LogP contribution in [-0.4, -0.2) is 45.6 Å². The van der Waals surface area contributed by atoms with Gasteiger partial charge >= 0.3 is 6.36 Å². The average Bonchev–Trinajstić information content (AvgIpc) is 2.63. The summed E-state index contributed by atoms with van der Waals surface area (Å²) in [6, 6.07) is 6.89. The zero-order valence-electron chi connectivity index (χ0n) is 15.0. The van der Waals surface area contributed by atoms with Gasteiger partial charge in [-0.25, -0.2) is 0 Å². The van der Waals surface area contributed by atoms with Crippen molar-refractivity contribution in [3.8, 4) is 5.75 Å². The number of aromatic nitrogens is 2. The molecule has 1 aromatic carbocycles. The highest BCUT2D eigenvalue weighted by Gasteiger charge is 2.32. The highest BCUT2D eigenvalue weighted by atomic mass is 35.5. The molecule has 1 atom stereocenters. The van der Waals surface area contributed by atoms with Crippen LogP contribution in [0.4, 0.5) is 13.2 Å². The Kier molecular flexibility index (Phi) is 7.59. The van der Waals surface area contributed by atoms with Crippen molar-refractivity contribution in [1.82, 2.24) is 15.1 Å². The molecule has 0 aliphatic rings. The van der Waals surface area contributed by atoms with E-state index in [1.807, 2.05) is 6.92 Å². The van der Waals surface area contributed by atoms with E-state index < -0.39 is 18.2 Å². The molecule has 0 saturated carbocycles. The monoisotopic (exact) mass is 417 g/mol. The summed E-state index contributed by atoms with van der Waals surface area (Å²) in [4.78, 5) is 14.1. The van der Waals surface area contributed by atoms with Crippen molar-refractivity contribution in [1.29, 1.82) is 0 Å². The number of carbonyl (C=O) groups excluding carboxylic acids is 1. The summed E-state index contributed by atoms with van der Waals surface area (Å²) in [5, 5.41) is 17.6. The van der Waals surface area contributed by atoms with Crippen molar-refractivity contribution >= 4 is 17.5 Å². The van der Waals surface area contributed by atoms with Crippen LogP contribution >= 0.6 is 11.6 Å². The summed E-state index contributed by atoms with van der Waals surface area (Å²) >= 11 is 5.82. The van der Waals surface area contributed by atoms with Crippen molar-refractivity contribution in [3.05, 3.63) is 52.8 Å². The first-order valence-corrected chi connectivity index (χ1v) is 8.85. The van der Waals surface area contributed by atoms with Gasteiger partial charge in [-0.2, -0.15) is 10.2 Å². The van der Waals surface area contributed by atoms with Gasteiger partial charge in [0.2, 0.25) is 5.91 Å². The topological polar surface area (TPSA) is 75.5 Å². The van der Waals surface area contributed by atoms with Crippen molar-refractivity contribution in [2.45, 2.75) is 32.2 Å². The predicted molar refractivity (Wildman–Crippen MR) is 95.7 cm³/mol. The number of ether oxygens (including phenoxy) is 1. The first-order chi connectivity index (χ1) is 13.2. The third kappa shape index (κ3) is 6.65. The van der Waals surface area contributed by atoms with Gasteiger partial charge in [-0.05, 0) is 36.2 Å². The fourth-order valence-electron chi connectivity index (χ4n) is 2.53. The Morgan fingerprint density at radius 2 is 2.11 bits per heavy atom. The molecule has 1 unspecified atom stereocenters. The molecular formula is C18H19ClF3N3O3. The molecule has 0 bridgehead atoms. The number of benzene rings is 1. The highest BCUT2D eigenvalue weighted by molar-refractivity contribution is 6.32. The molecule has 0 aliphatic carbocycles. The SMILES string of the molecule is CCCN(CC(O)c1cccnn1)C(=O)Cc1ccc(OC(F)(F)F)c(Cl)c1. The van der Waals surface area contributed by atoms with Gasteiger partial charge in [-0.3, -0.25) is 4.79 Å². The van der Waals surface area contributed by atoms with Crippen LogP contribution in [0.2, 0.25) is 5.02 Å². The minimum atomic E-state index is -4.85. The first kappa shape index (κ1) is 21.9. The lowest BCUT2D eigenvalue weighted by Crippen LogP contribution is -2.36. The van der Waals surface area contributed by atoms with Gasteiger partial charge in [-0.1, -0.05) is 24.6 Å². The minimum Gasteiger partial charge on any atom is -0.404 e. The molecule has 10 heteroatoms. The number of halogens is 4. The fraction of sp³-hybridized carbons (Fsp3) is 0.389. The standard InChI is InChI=1S/C18H19ClF3N3O3/c1-2-8-25(11-15(26)14-4-3-7-23-24-14)17(27)10-12-5-6-16(13(19)9-12)28-18(20,21)22/h3-7,9,15,26H,2,8,10-11H2,1H3. The number of alkyl halides is 3. The van der Waals surface area contributed by atoms with Crippen molar-refractivity contribution in [2.75, 3.05) is 13.1 Å². The number of aliphatic hydroxyl groups is 1. The predicted octanol–water partition coefficient (Wildman–Crippen LogP) is 3.54. The number of aliphatic hydroxyl groups excluding tert-OH is 1. The smallest absolute Gasteiger partial charge is 0.404 e. The largest absolute Gasteiger partial charge is 0.573 e. The molecule has 0 saturated heterocycles. The van der Waals surface area contributed by atoms with E-state index in [2.05, 4.69) is 14.9 Å². The molecule has 0 aliphatic heterocycles. The number of hydrogen-bond donors (Lipinski definition) is 1. The molecule has 1 N–H and O–H groups in total. The lowest BCUT2D eigenvalue weighted by Gasteiger charge is -2.25. The summed E-state index contributed by atoms with van der Waals surface area (Å²) < 4.78 is 40.7. The van der Waals surface area contributed by atoms with Crippen molar-refractivity contribution in [2.24, 2.45) is 0 Å². The molecule has 152 valence electrons. The number of rotatable bonds is 8. The van der Waals surface area contributed by atoms with E-state index in [9.17, 15) is 23.1 Å². The summed E-state index contributed by atoms with van der Waals surface area (Å²) in [5.41, 5.74) is 0.771. The van der Waals surface area contributed by atoms with Crippen LogP contribution in [0.25, 0.3) is 0 Å². The summed E-state index contributed by atoms with van der Waals surface area (Å²) in [6.07, 6.45) is -3.80. The number of amides is 1. The molecule has 1 amide bonds. The Bertz CT molecular complexity index is 791. The normalized spacial score (nSPS) is 12.5. The molecule has 2 aromatic rings. The van der Waals surface area contributed by atoms with E-state index in [0.717, 1.165) is 6.07 Å². The Balaban J connectivity index is 2.06. The molecule has 0 radical (unpaired) electrons. The molecule has 0 fully saturated rings. The van der Waals surface area contributed by atoms with E-state index in [0.29, 0.717) is 24.2 Å². The van der Waals surface area contributed by atoms with Crippen molar-refractivity contribution < 1.29 is 27.8 Å². The average molecular weight is 418 g/mol. The van der Waals surface area contributed by atoms with Crippen LogP contribution in [0.3, 0.4) is 0 Å². The zero-order chi connectivity index (χ0) is 20.7.